The highest BCUT2D eigenvalue weighted by Gasteiger charge is 2.39. The van der Waals surface area contributed by atoms with Gasteiger partial charge in [0.1, 0.15) is 0 Å². The number of hydrogen-bond donors (Lipinski definition) is 1. The molecule has 4 nitrogen and oxygen atoms in total. The maximum Gasteiger partial charge on any atom is 0.0947 e. The first-order chi connectivity index (χ1) is 32.3. The van der Waals surface area contributed by atoms with Crippen LogP contribution in [-0.2, 0) is 10.8 Å². The van der Waals surface area contributed by atoms with Crippen molar-refractivity contribution in [2.45, 2.75) is 44.6 Å². The molecule has 0 radical (unpaired) electrons. The Kier molecular flexibility index (Phi) is 7.55. The van der Waals surface area contributed by atoms with Crippen molar-refractivity contribution in [1.29, 1.82) is 0 Å². The first-order valence-corrected chi connectivity index (χ1v) is 23.2. The molecule has 0 amide bonds. The van der Waals surface area contributed by atoms with E-state index in [1.807, 2.05) is 0 Å². The number of rotatable bonds is 4. The standard InChI is InChI=1S/C62H46N4/c1-61(2)48-22-12-8-18-41(48)43-29-26-37(34-50(43)61)58-59(38-27-30-44-42-19-9-13-23-49(42)62(3,4)51(44)35-38)64-53-36-40(28-32-52(53)63-58)65-55-25-15-11-21-47(55)57-56(65)33-31-46-45-20-10-14-24-54(45)66(60(46)57)39-16-6-5-7-17-39/h5-36,59,64H,1-4H3. The number of nitrogens with one attached hydrogen (secondary N) is 1. The highest BCUT2D eigenvalue weighted by atomic mass is 15.0. The zero-order valence-corrected chi connectivity index (χ0v) is 37.4. The van der Waals surface area contributed by atoms with Crippen LogP contribution in [0.15, 0.2) is 199 Å². The van der Waals surface area contributed by atoms with Crippen molar-refractivity contribution in [2.24, 2.45) is 4.99 Å². The van der Waals surface area contributed by atoms with Gasteiger partial charge in [-0.1, -0.05) is 167 Å². The van der Waals surface area contributed by atoms with Crippen LogP contribution in [0.1, 0.15) is 67.1 Å². The normalized spacial score (nSPS) is 16.2. The van der Waals surface area contributed by atoms with Gasteiger partial charge in [0.25, 0.3) is 0 Å². The molecule has 14 rings (SSSR count). The van der Waals surface area contributed by atoms with Gasteiger partial charge in [-0.15, -0.1) is 0 Å². The molecule has 0 spiro atoms. The summed E-state index contributed by atoms with van der Waals surface area (Å²) in [6.07, 6.45) is 0. The Morgan fingerprint density at radius 1 is 0.439 bits per heavy atom. The van der Waals surface area contributed by atoms with E-state index >= 15 is 0 Å². The van der Waals surface area contributed by atoms with Crippen LogP contribution in [0, 0.1) is 0 Å². The fraction of sp³-hybridized carbons (Fsp3) is 0.113. The maximum absolute atomic E-state index is 5.66. The number of benzene rings is 9. The predicted molar refractivity (Wildman–Crippen MR) is 276 cm³/mol. The van der Waals surface area contributed by atoms with E-state index in [1.165, 1.54) is 93.7 Å². The Hall–Kier alpha value is -7.95. The monoisotopic (exact) mass is 846 g/mol. The van der Waals surface area contributed by atoms with E-state index < -0.39 is 0 Å². The molecule has 314 valence electrons. The Bertz CT molecular complexity index is 3910. The minimum atomic E-state index is -0.193. The molecule has 4 heteroatoms. The number of aromatic nitrogens is 2. The van der Waals surface area contributed by atoms with Gasteiger partial charge in [0, 0.05) is 43.7 Å². The maximum atomic E-state index is 5.66. The van der Waals surface area contributed by atoms with Gasteiger partial charge in [0.15, 0.2) is 0 Å². The molecular formula is C62H46N4. The minimum absolute atomic E-state index is 0.125. The van der Waals surface area contributed by atoms with Crippen molar-refractivity contribution in [3.05, 3.63) is 228 Å². The molecule has 1 aliphatic heterocycles. The molecule has 66 heavy (non-hydrogen) atoms. The SMILES string of the molecule is CC1(C)c2ccccc2-c2ccc(C3=Nc4ccc(-n5c6ccccc6c6c5ccc5c7ccccc7n(-c7ccccc7)c56)cc4NC3c3ccc4c(c3)C(C)(C)c3ccccc3-4)cc21. The van der Waals surface area contributed by atoms with Crippen LogP contribution in [0.25, 0.3) is 77.2 Å². The summed E-state index contributed by atoms with van der Waals surface area (Å²) in [5, 5.41) is 9.11. The zero-order valence-electron chi connectivity index (χ0n) is 37.4. The molecule has 2 aromatic heterocycles. The molecule has 11 aromatic rings. The minimum Gasteiger partial charge on any atom is -0.371 e. The molecule has 1 unspecified atom stereocenters. The van der Waals surface area contributed by atoms with Crippen molar-refractivity contribution in [3.8, 4) is 33.6 Å². The third kappa shape index (κ3) is 5.01. The Labute approximate surface area is 384 Å². The van der Waals surface area contributed by atoms with Gasteiger partial charge in [-0.2, -0.15) is 0 Å². The summed E-state index contributed by atoms with van der Waals surface area (Å²) in [7, 11) is 0. The summed E-state index contributed by atoms with van der Waals surface area (Å²) in [6.45, 7) is 9.45. The highest BCUT2D eigenvalue weighted by Crippen LogP contribution is 2.52. The van der Waals surface area contributed by atoms with E-state index in [-0.39, 0.29) is 16.9 Å². The fourth-order valence-electron chi connectivity index (χ4n) is 12.2. The molecule has 3 aliphatic rings. The topological polar surface area (TPSA) is 34.2 Å². The van der Waals surface area contributed by atoms with E-state index in [0.717, 1.165) is 34.0 Å². The lowest BCUT2D eigenvalue weighted by Gasteiger charge is -2.30. The van der Waals surface area contributed by atoms with Crippen LogP contribution in [0.4, 0.5) is 11.4 Å². The first kappa shape index (κ1) is 37.4. The van der Waals surface area contributed by atoms with E-state index in [2.05, 4.69) is 236 Å². The van der Waals surface area contributed by atoms with Crippen LogP contribution in [0.3, 0.4) is 0 Å². The number of nitrogens with zero attached hydrogens (tertiary/aromatic N) is 3. The van der Waals surface area contributed by atoms with Crippen LogP contribution in [0.2, 0.25) is 0 Å². The van der Waals surface area contributed by atoms with Crippen LogP contribution < -0.4 is 5.32 Å². The summed E-state index contributed by atoms with van der Waals surface area (Å²) < 4.78 is 4.90. The van der Waals surface area contributed by atoms with Gasteiger partial charge in [-0.25, -0.2) is 4.99 Å². The number of hydrogen-bond acceptors (Lipinski definition) is 2. The molecular weight excluding hydrogens is 801 g/mol. The summed E-state index contributed by atoms with van der Waals surface area (Å²) in [5.74, 6) is 0. The van der Waals surface area contributed by atoms with Gasteiger partial charge in [-0.3, -0.25) is 0 Å². The van der Waals surface area contributed by atoms with Crippen LogP contribution in [-0.4, -0.2) is 14.8 Å². The molecule has 0 saturated heterocycles. The lowest BCUT2D eigenvalue weighted by molar-refractivity contribution is 0.659. The predicted octanol–water partition coefficient (Wildman–Crippen LogP) is 15.8. The van der Waals surface area contributed by atoms with Gasteiger partial charge in [0.05, 0.1) is 45.2 Å². The average molecular weight is 847 g/mol. The van der Waals surface area contributed by atoms with Crippen molar-refractivity contribution < 1.29 is 0 Å². The van der Waals surface area contributed by atoms with E-state index in [0.29, 0.717) is 0 Å². The van der Waals surface area contributed by atoms with Gasteiger partial charge < -0.3 is 14.5 Å². The summed E-state index contributed by atoms with van der Waals surface area (Å²) in [6, 6.07) is 71.7. The second-order valence-corrected chi connectivity index (χ2v) is 19.6. The molecule has 3 heterocycles. The molecule has 0 saturated carbocycles. The molecule has 1 atom stereocenters. The van der Waals surface area contributed by atoms with Crippen molar-refractivity contribution in [2.75, 3.05) is 5.32 Å². The van der Waals surface area contributed by atoms with Gasteiger partial charge in [0.2, 0.25) is 0 Å². The average Bonchev–Trinajstić information content (AvgIpc) is 4.02. The van der Waals surface area contributed by atoms with E-state index in [1.54, 1.807) is 0 Å². The lowest BCUT2D eigenvalue weighted by atomic mass is 9.80. The molecule has 1 N–H and O–H groups in total. The second kappa shape index (κ2) is 13.3. The third-order valence-electron chi connectivity index (χ3n) is 15.4. The van der Waals surface area contributed by atoms with Gasteiger partial charge >= 0.3 is 0 Å². The largest absolute Gasteiger partial charge is 0.371 e. The fourth-order valence-corrected chi connectivity index (χ4v) is 12.2. The summed E-state index contributed by atoms with van der Waals surface area (Å²) in [4.78, 5) is 5.66. The van der Waals surface area contributed by atoms with Crippen LogP contribution in [0.5, 0.6) is 0 Å². The molecule has 0 bridgehead atoms. The van der Waals surface area contributed by atoms with Crippen molar-refractivity contribution in [3.63, 3.8) is 0 Å². The molecule has 2 aliphatic carbocycles. The number of para-hydroxylation sites is 3. The van der Waals surface area contributed by atoms with E-state index in [9.17, 15) is 0 Å². The Morgan fingerprint density at radius 2 is 1.05 bits per heavy atom. The Morgan fingerprint density at radius 3 is 1.79 bits per heavy atom. The highest BCUT2D eigenvalue weighted by molar-refractivity contribution is 6.26. The summed E-state index contributed by atoms with van der Waals surface area (Å²) in [5.41, 5.74) is 22.9. The molecule has 9 aromatic carbocycles. The van der Waals surface area contributed by atoms with Gasteiger partial charge in [-0.05, 0) is 110 Å². The smallest absolute Gasteiger partial charge is 0.0947 e. The lowest BCUT2D eigenvalue weighted by Crippen LogP contribution is -2.26. The summed E-state index contributed by atoms with van der Waals surface area (Å²) >= 11 is 0. The second-order valence-electron chi connectivity index (χ2n) is 19.6. The van der Waals surface area contributed by atoms with Crippen molar-refractivity contribution >= 4 is 60.7 Å². The van der Waals surface area contributed by atoms with Crippen molar-refractivity contribution in [1.82, 2.24) is 9.13 Å². The quantitative estimate of drug-likeness (QED) is 0.188. The first-order valence-electron chi connectivity index (χ1n) is 23.2. The van der Waals surface area contributed by atoms with E-state index in [4.69, 9.17) is 4.99 Å². The number of anilines is 1. The zero-order chi connectivity index (χ0) is 44.1. The number of aliphatic imine (C=N–C) groups is 1. The van der Waals surface area contributed by atoms with Crippen LogP contribution >= 0.6 is 0 Å². The molecule has 0 fully saturated rings. The third-order valence-corrected chi connectivity index (χ3v) is 15.4. The number of fused-ring (bicyclic) bond motifs is 14. The Balaban J connectivity index is 0.970.